The van der Waals surface area contributed by atoms with Crippen molar-refractivity contribution in [3.63, 3.8) is 0 Å². The highest BCUT2D eigenvalue weighted by Crippen LogP contribution is 2.33. The van der Waals surface area contributed by atoms with E-state index in [1.807, 2.05) is 53.9 Å². The summed E-state index contributed by atoms with van der Waals surface area (Å²) in [4.78, 5) is 31.5. The molecule has 1 N–H and O–H groups in total. The number of piperidine rings is 1. The molecule has 1 aliphatic heterocycles. The monoisotopic (exact) mass is 481 g/mol. The van der Waals surface area contributed by atoms with E-state index in [9.17, 15) is 9.59 Å². The Labute approximate surface area is 202 Å². The number of nitrogens with zero attached hydrogens (tertiary/aromatic N) is 2. The Kier molecular flexibility index (Phi) is 7.64. The molecule has 0 unspecified atom stereocenters. The minimum Gasteiger partial charge on any atom is -0.493 e. The molecule has 8 nitrogen and oxygen atoms in total. The van der Waals surface area contributed by atoms with Crippen LogP contribution in [0.1, 0.15) is 12.8 Å². The van der Waals surface area contributed by atoms with Crippen LogP contribution in [0.15, 0.2) is 53.9 Å². The Bertz CT molecular complexity index is 1130. The Morgan fingerprint density at radius 2 is 1.79 bits per heavy atom. The fourth-order valence-electron chi connectivity index (χ4n) is 3.81. The SMILES string of the molecule is COc1ccc(-c2csc(NC(=O)C3CCN(C(=O)COc4ccccc4)CC3)n2)cc1OC. The van der Waals surface area contributed by atoms with E-state index >= 15 is 0 Å². The van der Waals surface area contributed by atoms with Gasteiger partial charge in [0, 0.05) is 30.0 Å². The third-order valence-electron chi connectivity index (χ3n) is 5.74. The number of carbonyl (C=O) groups is 2. The number of anilines is 1. The summed E-state index contributed by atoms with van der Waals surface area (Å²) in [6, 6.07) is 14.8. The van der Waals surface area contributed by atoms with Gasteiger partial charge in [-0.3, -0.25) is 9.59 Å². The largest absolute Gasteiger partial charge is 0.493 e. The fourth-order valence-corrected chi connectivity index (χ4v) is 4.53. The minimum absolute atomic E-state index is 0.00108. The van der Waals surface area contributed by atoms with E-state index in [1.165, 1.54) is 11.3 Å². The number of para-hydroxylation sites is 1. The summed E-state index contributed by atoms with van der Waals surface area (Å²) in [5.41, 5.74) is 1.62. The highest BCUT2D eigenvalue weighted by Gasteiger charge is 2.28. The Hall–Kier alpha value is -3.59. The third kappa shape index (κ3) is 5.66. The lowest BCUT2D eigenvalue weighted by atomic mass is 9.96. The van der Waals surface area contributed by atoms with Gasteiger partial charge in [0.05, 0.1) is 19.9 Å². The number of carbonyl (C=O) groups excluding carboxylic acids is 2. The maximum Gasteiger partial charge on any atom is 0.260 e. The average molecular weight is 482 g/mol. The molecule has 34 heavy (non-hydrogen) atoms. The zero-order valence-electron chi connectivity index (χ0n) is 19.2. The zero-order chi connectivity index (χ0) is 23.9. The Morgan fingerprint density at radius 1 is 1.06 bits per heavy atom. The van der Waals surface area contributed by atoms with Gasteiger partial charge in [-0.2, -0.15) is 0 Å². The number of methoxy groups -OCH3 is 2. The van der Waals surface area contributed by atoms with Gasteiger partial charge in [0.15, 0.2) is 23.2 Å². The molecule has 0 saturated carbocycles. The van der Waals surface area contributed by atoms with Crippen LogP contribution in [0.25, 0.3) is 11.3 Å². The van der Waals surface area contributed by atoms with Crippen LogP contribution in [0, 0.1) is 5.92 Å². The smallest absolute Gasteiger partial charge is 0.260 e. The number of ether oxygens (including phenoxy) is 3. The van der Waals surface area contributed by atoms with Crippen molar-refractivity contribution in [1.82, 2.24) is 9.88 Å². The van der Waals surface area contributed by atoms with Crippen LogP contribution >= 0.6 is 11.3 Å². The highest BCUT2D eigenvalue weighted by atomic mass is 32.1. The molecule has 0 bridgehead atoms. The van der Waals surface area contributed by atoms with Crippen LogP contribution in [-0.4, -0.2) is 55.6 Å². The fraction of sp³-hybridized carbons (Fsp3) is 0.320. The van der Waals surface area contributed by atoms with Crippen molar-refractivity contribution in [3.8, 4) is 28.5 Å². The van der Waals surface area contributed by atoms with Gasteiger partial charge in [-0.05, 0) is 43.2 Å². The maximum absolute atomic E-state index is 12.8. The van der Waals surface area contributed by atoms with Crippen LogP contribution in [0.2, 0.25) is 0 Å². The van der Waals surface area contributed by atoms with Gasteiger partial charge in [-0.1, -0.05) is 18.2 Å². The van der Waals surface area contributed by atoms with Gasteiger partial charge >= 0.3 is 0 Å². The van der Waals surface area contributed by atoms with Crippen LogP contribution in [0.5, 0.6) is 17.2 Å². The predicted octanol–water partition coefficient (Wildman–Crippen LogP) is 4.08. The van der Waals surface area contributed by atoms with E-state index in [0.29, 0.717) is 48.3 Å². The summed E-state index contributed by atoms with van der Waals surface area (Å²) in [5.74, 6) is 1.64. The van der Waals surface area contributed by atoms with E-state index in [1.54, 1.807) is 19.1 Å². The summed E-state index contributed by atoms with van der Waals surface area (Å²) in [6.07, 6.45) is 1.22. The second-order valence-corrected chi connectivity index (χ2v) is 8.71. The number of hydrogen-bond acceptors (Lipinski definition) is 7. The van der Waals surface area contributed by atoms with Crippen LogP contribution < -0.4 is 19.5 Å². The predicted molar refractivity (Wildman–Crippen MR) is 131 cm³/mol. The molecule has 0 spiro atoms. The van der Waals surface area contributed by atoms with Gasteiger partial charge < -0.3 is 24.4 Å². The maximum atomic E-state index is 12.8. The first-order chi connectivity index (χ1) is 16.6. The van der Waals surface area contributed by atoms with Gasteiger partial charge in [-0.25, -0.2) is 4.98 Å². The first kappa shape index (κ1) is 23.6. The van der Waals surface area contributed by atoms with Crippen molar-refractivity contribution >= 4 is 28.3 Å². The number of rotatable bonds is 8. The number of thiazole rings is 1. The van der Waals surface area contributed by atoms with Crippen molar-refractivity contribution in [2.45, 2.75) is 12.8 Å². The van der Waals surface area contributed by atoms with Crippen LogP contribution in [0.4, 0.5) is 5.13 Å². The third-order valence-corrected chi connectivity index (χ3v) is 6.50. The molecule has 0 aliphatic carbocycles. The molecule has 9 heteroatoms. The lowest BCUT2D eigenvalue weighted by molar-refractivity contribution is -0.136. The molecule has 1 aliphatic rings. The Balaban J connectivity index is 1.27. The first-order valence-electron chi connectivity index (χ1n) is 11.0. The van der Waals surface area contributed by atoms with Crippen LogP contribution in [-0.2, 0) is 9.59 Å². The summed E-state index contributed by atoms with van der Waals surface area (Å²) in [6.45, 7) is 1.06. The van der Waals surface area contributed by atoms with Crippen molar-refractivity contribution in [2.75, 3.05) is 39.2 Å². The van der Waals surface area contributed by atoms with Crippen molar-refractivity contribution in [2.24, 2.45) is 5.92 Å². The van der Waals surface area contributed by atoms with Gasteiger partial charge in [0.1, 0.15) is 5.75 Å². The molecule has 4 rings (SSSR count). The van der Waals surface area contributed by atoms with Crippen molar-refractivity contribution < 1.29 is 23.8 Å². The summed E-state index contributed by atoms with van der Waals surface area (Å²) < 4.78 is 16.2. The van der Waals surface area contributed by atoms with E-state index in [4.69, 9.17) is 14.2 Å². The second kappa shape index (κ2) is 11.0. The summed E-state index contributed by atoms with van der Waals surface area (Å²) in [5, 5.41) is 5.37. The Morgan fingerprint density at radius 3 is 2.50 bits per heavy atom. The molecule has 2 amide bonds. The van der Waals surface area contributed by atoms with Gasteiger partial charge in [0.2, 0.25) is 5.91 Å². The molecule has 0 radical (unpaired) electrons. The first-order valence-corrected chi connectivity index (χ1v) is 11.9. The minimum atomic E-state index is -0.160. The van der Waals surface area contributed by atoms with Gasteiger partial charge in [0.25, 0.3) is 5.91 Å². The molecular weight excluding hydrogens is 454 g/mol. The number of hydrogen-bond donors (Lipinski definition) is 1. The number of benzene rings is 2. The van der Waals surface area contributed by atoms with Crippen molar-refractivity contribution in [1.29, 1.82) is 0 Å². The second-order valence-electron chi connectivity index (χ2n) is 7.85. The molecule has 1 saturated heterocycles. The highest BCUT2D eigenvalue weighted by molar-refractivity contribution is 7.14. The summed E-state index contributed by atoms with van der Waals surface area (Å²) >= 11 is 1.37. The molecule has 3 aromatic rings. The number of nitrogens with one attached hydrogen (secondary N) is 1. The van der Waals surface area contributed by atoms with E-state index in [-0.39, 0.29) is 24.3 Å². The molecule has 178 valence electrons. The lowest BCUT2D eigenvalue weighted by Gasteiger charge is -2.31. The van der Waals surface area contributed by atoms with Gasteiger partial charge in [-0.15, -0.1) is 11.3 Å². The number of likely N-dealkylation sites (tertiary alicyclic amines) is 1. The normalized spacial score (nSPS) is 13.9. The number of aromatic nitrogens is 1. The zero-order valence-corrected chi connectivity index (χ0v) is 20.0. The molecule has 1 aromatic heterocycles. The standard InChI is InChI=1S/C25H27N3O5S/c1-31-21-9-8-18(14-22(21)32-2)20-16-34-25(26-20)27-24(30)17-10-12-28(13-11-17)23(29)15-33-19-6-4-3-5-7-19/h3-9,14,16-17H,10-13,15H2,1-2H3,(H,26,27,30). The topological polar surface area (TPSA) is 90.0 Å². The molecule has 2 heterocycles. The van der Waals surface area contributed by atoms with Crippen molar-refractivity contribution in [3.05, 3.63) is 53.9 Å². The quantitative estimate of drug-likeness (QED) is 0.521. The van der Waals surface area contributed by atoms with Crippen LogP contribution in [0.3, 0.4) is 0 Å². The lowest BCUT2D eigenvalue weighted by Crippen LogP contribution is -2.43. The molecule has 1 fully saturated rings. The van der Waals surface area contributed by atoms with E-state index in [0.717, 1.165) is 11.3 Å². The number of amides is 2. The summed E-state index contributed by atoms with van der Waals surface area (Å²) in [7, 11) is 3.18. The van der Waals surface area contributed by atoms with E-state index in [2.05, 4.69) is 10.3 Å². The molecule has 2 aromatic carbocycles. The molecular formula is C25H27N3O5S. The van der Waals surface area contributed by atoms with E-state index < -0.39 is 0 Å². The molecule has 0 atom stereocenters. The average Bonchev–Trinajstić information content (AvgIpc) is 3.36.